The van der Waals surface area contributed by atoms with Gasteiger partial charge in [-0.15, -0.1) is 0 Å². The molecule has 0 saturated heterocycles. The molecule has 0 heteroatoms. The molecule has 0 aliphatic heterocycles. The van der Waals surface area contributed by atoms with E-state index in [0.29, 0.717) is 5.92 Å². The van der Waals surface area contributed by atoms with Crippen molar-refractivity contribution >= 4 is 70.7 Å². The van der Waals surface area contributed by atoms with E-state index in [1.54, 1.807) is 0 Å². The third-order valence-corrected chi connectivity index (χ3v) is 10.9. The average Bonchev–Trinajstić information content (AvgIpc) is 3.13. The Morgan fingerprint density at radius 2 is 1.00 bits per heavy atom. The van der Waals surface area contributed by atoms with E-state index in [2.05, 4.69) is 152 Å². The molecule has 0 heterocycles. The molecule has 9 aromatic rings. The van der Waals surface area contributed by atoms with Gasteiger partial charge in [-0.05, 0) is 116 Å². The molecule has 2 aliphatic carbocycles. The van der Waals surface area contributed by atoms with Crippen molar-refractivity contribution in [2.24, 2.45) is 0 Å². The second-order valence-electron chi connectivity index (χ2n) is 13.1. The smallest absolute Gasteiger partial charge is 0.0143 e. The summed E-state index contributed by atoms with van der Waals surface area (Å²) in [5, 5.41) is 16.0. The normalized spacial score (nSPS) is 15.0. The highest BCUT2D eigenvalue weighted by atomic mass is 14.3. The van der Waals surface area contributed by atoms with Crippen LogP contribution in [0.3, 0.4) is 0 Å². The van der Waals surface area contributed by atoms with Crippen LogP contribution in [0.5, 0.6) is 0 Å². The van der Waals surface area contributed by atoms with Gasteiger partial charge in [0.05, 0.1) is 0 Å². The summed E-state index contributed by atoms with van der Waals surface area (Å²) in [6, 6.07) is 52.6. The topological polar surface area (TPSA) is 0 Å². The third-order valence-electron chi connectivity index (χ3n) is 10.9. The Morgan fingerprint density at radius 3 is 1.70 bits per heavy atom. The van der Waals surface area contributed by atoms with E-state index in [1.165, 1.54) is 104 Å². The zero-order chi connectivity index (χ0) is 29.9. The van der Waals surface area contributed by atoms with Gasteiger partial charge in [-0.25, -0.2) is 0 Å². The Hall–Kier alpha value is -5.72. The Morgan fingerprint density at radius 1 is 0.413 bits per heavy atom. The van der Waals surface area contributed by atoms with Crippen molar-refractivity contribution in [1.82, 2.24) is 0 Å². The lowest BCUT2D eigenvalue weighted by molar-refractivity contribution is 0.824. The molecule has 1 atom stereocenters. The van der Waals surface area contributed by atoms with Crippen LogP contribution in [0, 0.1) is 0 Å². The molecule has 1 unspecified atom stereocenters. The number of benzene rings is 9. The number of hydrogen-bond donors (Lipinski definition) is 0. The average molecular weight is 581 g/mol. The van der Waals surface area contributed by atoms with Gasteiger partial charge in [0.2, 0.25) is 0 Å². The van der Waals surface area contributed by atoms with Crippen LogP contribution in [0.25, 0.3) is 93.0 Å². The lowest BCUT2D eigenvalue weighted by Crippen LogP contribution is -2.13. The Bertz CT molecular complexity index is 2810. The molecule has 11 rings (SSSR count). The highest BCUT2D eigenvalue weighted by Crippen LogP contribution is 2.52. The third kappa shape index (κ3) is 3.09. The van der Waals surface area contributed by atoms with Gasteiger partial charge in [0.1, 0.15) is 0 Å². The molecule has 0 saturated carbocycles. The van der Waals surface area contributed by atoms with E-state index in [4.69, 9.17) is 0 Å². The molecule has 9 aromatic carbocycles. The van der Waals surface area contributed by atoms with E-state index < -0.39 is 0 Å². The fraction of sp³-hybridized carbons (Fsp3) is 0.0435. The minimum atomic E-state index is 0.383. The molecular formula is C46H28. The van der Waals surface area contributed by atoms with Crippen molar-refractivity contribution in [1.29, 1.82) is 0 Å². The zero-order valence-corrected chi connectivity index (χ0v) is 25.2. The number of hydrogen-bond acceptors (Lipinski definition) is 0. The first kappa shape index (κ1) is 24.6. The molecule has 2 aliphatic rings. The van der Waals surface area contributed by atoms with Crippen molar-refractivity contribution < 1.29 is 0 Å². The van der Waals surface area contributed by atoms with E-state index in [-0.39, 0.29) is 0 Å². The molecule has 0 spiro atoms. The van der Waals surface area contributed by atoms with E-state index in [9.17, 15) is 0 Å². The van der Waals surface area contributed by atoms with Gasteiger partial charge in [-0.3, -0.25) is 0 Å². The van der Waals surface area contributed by atoms with E-state index in [1.807, 2.05) is 0 Å². The fourth-order valence-electron chi connectivity index (χ4n) is 9.08. The van der Waals surface area contributed by atoms with Crippen LogP contribution >= 0.6 is 0 Å². The summed E-state index contributed by atoms with van der Waals surface area (Å²) >= 11 is 0. The van der Waals surface area contributed by atoms with Gasteiger partial charge in [0.15, 0.2) is 0 Å². The van der Waals surface area contributed by atoms with Gasteiger partial charge in [-0.1, -0.05) is 146 Å². The van der Waals surface area contributed by atoms with Crippen molar-refractivity contribution in [3.63, 3.8) is 0 Å². The Balaban J connectivity index is 1.26. The monoisotopic (exact) mass is 580 g/mol. The minimum absolute atomic E-state index is 0.383. The van der Waals surface area contributed by atoms with Crippen LogP contribution in [-0.4, -0.2) is 0 Å². The number of fused-ring (bicyclic) bond motifs is 13. The van der Waals surface area contributed by atoms with E-state index >= 15 is 0 Å². The van der Waals surface area contributed by atoms with Crippen LogP contribution in [0.2, 0.25) is 0 Å². The molecule has 0 amide bonds. The van der Waals surface area contributed by atoms with Crippen molar-refractivity contribution in [3.8, 4) is 22.3 Å². The zero-order valence-electron chi connectivity index (χ0n) is 25.2. The van der Waals surface area contributed by atoms with Crippen LogP contribution in [-0.2, 0) is 0 Å². The van der Waals surface area contributed by atoms with Crippen LogP contribution < -0.4 is 0 Å². The maximum absolute atomic E-state index is 2.48. The molecule has 0 nitrogen and oxygen atoms in total. The first-order valence-electron chi connectivity index (χ1n) is 16.4. The number of allylic oxidation sites excluding steroid dienone is 1. The molecule has 0 aromatic heterocycles. The largest absolute Gasteiger partial charge is 0.0830 e. The van der Waals surface area contributed by atoms with Gasteiger partial charge in [-0.2, -0.15) is 0 Å². The SMILES string of the molecule is C1=Cc2c(-c3ccc4c5ccccc5c5c6ccccc6c6ccccc6c5c4c3)ccc3c2C(C1)c1cccc2cccc-3c12. The summed E-state index contributed by atoms with van der Waals surface area (Å²) in [6.45, 7) is 0. The molecule has 0 fully saturated rings. The second kappa shape index (κ2) is 8.93. The summed E-state index contributed by atoms with van der Waals surface area (Å²) in [5.41, 5.74) is 9.70. The van der Waals surface area contributed by atoms with Gasteiger partial charge in [0.25, 0.3) is 0 Å². The van der Waals surface area contributed by atoms with Crippen LogP contribution in [0.4, 0.5) is 0 Å². The predicted molar refractivity (Wildman–Crippen MR) is 198 cm³/mol. The first-order valence-corrected chi connectivity index (χ1v) is 16.4. The second-order valence-corrected chi connectivity index (χ2v) is 13.1. The molecule has 212 valence electrons. The summed E-state index contributed by atoms with van der Waals surface area (Å²) in [5.74, 6) is 0.383. The summed E-state index contributed by atoms with van der Waals surface area (Å²) < 4.78 is 0. The maximum atomic E-state index is 2.48. The van der Waals surface area contributed by atoms with E-state index in [0.717, 1.165) is 6.42 Å². The minimum Gasteiger partial charge on any atom is -0.0830 e. The van der Waals surface area contributed by atoms with Gasteiger partial charge >= 0.3 is 0 Å². The van der Waals surface area contributed by atoms with Crippen LogP contribution in [0.1, 0.15) is 29.0 Å². The van der Waals surface area contributed by atoms with Gasteiger partial charge in [0, 0.05) is 5.92 Å². The van der Waals surface area contributed by atoms with Crippen molar-refractivity contribution in [2.45, 2.75) is 12.3 Å². The summed E-state index contributed by atoms with van der Waals surface area (Å²) in [6.07, 6.45) is 5.84. The lowest BCUT2D eigenvalue weighted by atomic mass is 9.70. The maximum Gasteiger partial charge on any atom is 0.0143 e. The van der Waals surface area contributed by atoms with Gasteiger partial charge < -0.3 is 0 Å². The Labute approximate surface area is 266 Å². The molecule has 0 N–H and O–H groups in total. The number of rotatable bonds is 1. The predicted octanol–water partition coefficient (Wildman–Crippen LogP) is 12.8. The fourth-order valence-corrected chi connectivity index (χ4v) is 9.08. The molecular weight excluding hydrogens is 553 g/mol. The molecule has 0 bridgehead atoms. The van der Waals surface area contributed by atoms with Crippen molar-refractivity contribution in [3.05, 3.63) is 162 Å². The first-order chi connectivity index (χ1) is 22.8. The summed E-state index contributed by atoms with van der Waals surface area (Å²) in [7, 11) is 0. The van der Waals surface area contributed by atoms with Crippen molar-refractivity contribution in [2.75, 3.05) is 0 Å². The highest BCUT2D eigenvalue weighted by Gasteiger charge is 2.31. The standard InChI is InChI=1S/C46H28/c1-4-15-35-30(12-1)31-13-2-6-17-37(31)46-42-26-28(22-23-33(42)32-14-3-5-16-36(32)45(35)46)29-24-25-41-39-19-8-11-27-10-7-18-38(43(27)39)40-21-9-20-34(29)44(40)41/h1-20,22-26,40H,21H2. The quantitative estimate of drug-likeness (QED) is 0.169. The highest BCUT2D eigenvalue weighted by molar-refractivity contribution is 6.39. The summed E-state index contributed by atoms with van der Waals surface area (Å²) in [4.78, 5) is 0. The lowest BCUT2D eigenvalue weighted by Gasteiger charge is -2.33. The molecule has 46 heavy (non-hydrogen) atoms. The van der Waals surface area contributed by atoms with Crippen LogP contribution in [0.15, 0.2) is 146 Å². The Kier molecular flexibility index (Phi) is 4.77. The molecule has 0 radical (unpaired) electrons.